The smallest absolute Gasteiger partial charge is 0.238 e. The molecular weight excluding hydrogens is 457 g/mol. The van der Waals surface area contributed by atoms with Crippen molar-refractivity contribution >= 4 is 44.2 Å². The molecule has 3 N–H and O–H groups in total. The van der Waals surface area contributed by atoms with Crippen LogP contribution in [0.4, 0.5) is 21.8 Å². The zero-order chi connectivity index (χ0) is 23.7. The number of halogens is 1. The van der Waals surface area contributed by atoms with E-state index in [9.17, 15) is 12.8 Å². The molecule has 1 spiro atoms. The second-order valence-corrected chi connectivity index (χ2v) is 11.0. The molecule has 0 amide bonds. The van der Waals surface area contributed by atoms with Crippen LogP contribution in [0.15, 0.2) is 40.5 Å². The lowest BCUT2D eigenvalue weighted by atomic mass is 9.78. The molecule has 0 unspecified atom stereocenters. The van der Waals surface area contributed by atoms with Gasteiger partial charge in [0, 0.05) is 11.6 Å². The largest absolute Gasteiger partial charge is 0.322 e. The number of anilines is 3. The number of benzene rings is 1. The van der Waals surface area contributed by atoms with Gasteiger partial charge in [0.15, 0.2) is 0 Å². The number of primary sulfonamides is 1. The summed E-state index contributed by atoms with van der Waals surface area (Å²) in [5.41, 5.74) is 1.76. The van der Waals surface area contributed by atoms with Gasteiger partial charge in [-0.2, -0.15) is 10.1 Å². The highest BCUT2D eigenvalue weighted by molar-refractivity contribution is 7.89. The number of hydrogen-bond donors (Lipinski definition) is 2. The van der Waals surface area contributed by atoms with Crippen molar-refractivity contribution in [2.75, 3.05) is 10.3 Å². The summed E-state index contributed by atoms with van der Waals surface area (Å²) in [5.74, 6) is 0.527. The third-order valence-corrected chi connectivity index (χ3v) is 8.12. The summed E-state index contributed by atoms with van der Waals surface area (Å²) in [6.45, 7) is 2.12. The molecule has 9 nitrogen and oxygen atoms in total. The minimum absolute atomic E-state index is 0.0712. The van der Waals surface area contributed by atoms with Gasteiger partial charge in [-0.15, -0.1) is 0 Å². The van der Waals surface area contributed by atoms with Crippen LogP contribution in [0.3, 0.4) is 0 Å². The van der Waals surface area contributed by atoms with E-state index in [1.165, 1.54) is 18.6 Å². The highest BCUT2D eigenvalue weighted by Gasteiger charge is 2.46. The van der Waals surface area contributed by atoms with Crippen LogP contribution in [0.5, 0.6) is 0 Å². The molecule has 34 heavy (non-hydrogen) atoms. The Balaban J connectivity index is 1.45. The molecule has 11 heteroatoms. The summed E-state index contributed by atoms with van der Waals surface area (Å²) in [7, 11) is -3.99. The van der Waals surface area contributed by atoms with Crippen molar-refractivity contribution in [1.82, 2.24) is 14.5 Å². The van der Waals surface area contributed by atoms with Crippen LogP contribution < -0.4 is 15.5 Å². The number of nitrogens with zero attached hydrogens (tertiary/aromatic N) is 5. The molecule has 3 aliphatic rings. The number of hydrazone groups is 1. The molecule has 2 saturated carbocycles. The first kappa shape index (κ1) is 21.5. The van der Waals surface area contributed by atoms with Gasteiger partial charge in [-0.25, -0.2) is 27.9 Å². The second kappa shape index (κ2) is 7.47. The van der Waals surface area contributed by atoms with Gasteiger partial charge in [0.25, 0.3) is 0 Å². The maximum absolute atomic E-state index is 14.6. The van der Waals surface area contributed by atoms with Gasteiger partial charge in [-0.1, -0.05) is 19.3 Å². The highest BCUT2D eigenvalue weighted by Crippen LogP contribution is 2.47. The monoisotopic (exact) mass is 483 g/mol. The lowest BCUT2D eigenvalue weighted by molar-refractivity contribution is 0.280. The van der Waals surface area contributed by atoms with Gasteiger partial charge >= 0.3 is 0 Å². The van der Waals surface area contributed by atoms with Gasteiger partial charge in [0.2, 0.25) is 16.0 Å². The standard InChI is InChI=1S/C23H26FN7O2S/c1-14-23(9-3-2-4-10-23)30-20(31(29-14)16-5-6-16)11-15-13-26-22(28-21(15)30)27-19-8-7-17(12-18(19)24)34(25,32)33/h7-8,11-13,16H,2-6,9-10H2,1H3,(H2,25,32,33)(H,26,27,28). The van der Waals surface area contributed by atoms with E-state index in [2.05, 4.69) is 32.9 Å². The number of nitrogens with two attached hydrogens (primary N) is 1. The van der Waals surface area contributed by atoms with Gasteiger partial charge < -0.3 is 5.32 Å². The van der Waals surface area contributed by atoms with Crippen LogP contribution in [0.1, 0.15) is 51.9 Å². The van der Waals surface area contributed by atoms with Crippen molar-refractivity contribution in [3.63, 3.8) is 0 Å². The first-order valence-corrected chi connectivity index (χ1v) is 13.1. The average Bonchev–Trinajstić information content (AvgIpc) is 3.57. The number of aromatic nitrogens is 3. The number of sulfonamides is 1. The van der Waals surface area contributed by atoms with E-state index < -0.39 is 15.8 Å². The molecule has 3 heterocycles. The molecule has 1 aliphatic heterocycles. The Labute approximate surface area is 196 Å². The van der Waals surface area contributed by atoms with Crippen LogP contribution in [-0.2, 0) is 15.6 Å². The Morgan fingerprint density at radius 3 is 2.62 bits per heavy atom. The average molecular weight is 484 g/mol. The Bertz CT molecular complexity index is 1440. The fraction of sp³-hybridized carbons (Fsp3) is 0.435. The normalized spacial score (nSPS) is 19.9. The molecule has 2 aliphatic carbocycles. The third-order valence-electron chi connectivity index (χ3n) is 7.20. The number of hydrogen-bond acceptors (Lipinski definition) is 7. The zero-order valence-corrected chi connectivity index (χ0v) is 19.6. The van der Waals surface area contributed by atoms with Crippen molar-refractivity contribution in [3.8, 4) is 0 Å². The van der Waals surface area contributed by atoms with Crippen molar-refractivity contribution < 1.29 is 12.8 Å². The summed E-state index contributed by atoms with van der Waals surface area (Å²) in [4.78, 5) is 8.91. The van der Waals surface area contributed by atoms with Crippen LogP contribution in [-0.4, -0.2) is 34.7 Å². The maximum Gasteiger partial charge on any atom is 0.238 e. The van der Waals surface area contributed by atoms with E-state index in [0.717, 1.165) is 67.2 Å². The second-order valence-electron chi connectivity index (χ2n) is 9.48. The SMILES string of the molecule is CC1=NN(C2CC2)c2cc3cnc(Nc4ccc(S(N)(=O)=O)cc4F)nc3n2C12CCCCC2. The fourth-order valence-corrected chi connectivity index (χ4v) is 5.82. The highest BCUT2D eigenvalue weighted by atomic mass is 32.2. The van der Waals surface area contributed by atoms with Crippen molar-refractivity contribution in [3.05, 3.63) is 36.3 Å². The van der Waals surface area contributed by atoms with Gasteiger partial charge in [0.1, 0.15) is 17.3 Å². The molecule has 2 aromatic heterocycles. The van der Waals surface area contributed by atoms with Crippen LogP contribution in [0.2, 0.25) is 0 Å². The molecule has 3 aromatic rings. The topological polar surface area (TPSA) is 118 Å². The molecule has 6 rings (SSSR count). The minimum atomic E-state index is -3.99. The van der Waals surface area contributed by atoms with Crippen LogP contribution in [0.25, 0.3) is 11.0 Å². The van der Waals surface area contributed by atoms with E-state index in [1.54, 1.807) is 6.20 Å². The first-order chi connectivity index (χ1) is 16.3. The molecule has 0 bridgehead atoms. The van der Waals surface area contributed by atoms with E-state index in [-0.39, 0.29) is 22.1 Å². The summed E-state index contributed by atoms with van der Waals surface area (Å²) in [6.07, 6.45) is 9.48. The number of nitrogens with one attached hydrogen (secondary N) is 1. The summed E-state index contributed by atoms with van der Waals surface area (Å²) < 4.78 is 40.0. The number of rotatable bonds is 4. The van der Waals surface area contributed by atoms with E-state index in [1.807, 2.05) is 0 Å². The molecule has 2 fully saturated rings. The Kier molecular flexibility index (Phi) is 4.72. The Hall–Kier alpha value is -3.05. The fourth-order valence-electron chi connectivity index (χ4n) is 5.30. The molecule has 0 atom stereocenters. The molecule has 1 aromatic carbocycles. The molecule has 0 saturated heterocycles. The first-order valence-electron chi connectivity index (χ1n) is 11.6. The molecule has 178 valence electrons. The minimum Gasteiger partial charge on any atom is -0.322 e. The van der Waals surface area contributed by atoms with E-state index >= 15 is 0 Å². The summed E-state index contributed by atoms with van der Waals surface area (Å²) in [6, 6.07) is 5.98. The lowest BCUT2D eigenvalue weighted by Crippen LogP contribution is -2.48. The third kappa shape index (κ3) is 3.37. The van der Waals surface area contributed by atoms with Crippen LogP contribution >= 0.6 is 0 Å². The van der Waals surface area contributed by atoms with Crippen molar-refractivity contribution in [1.29, 1.82) is 0 Å². The molecule has 0 radical (unpaired) electrons. The molecular formula is C23H26FN7O2S. The predicted octanol–water partition coefficient (Wildman–Crippen LogP) is 3.98. The van der Waals surface area contributed by atoms with E-state index in [0.29, 0.717) is 6.04 Å². The summed E-state index contributed by atoms with van der Waals surface area (Å²) >= 11 is 0. The maximum atomic E-state index is 14.6. The zero-order valence-electron chi connectivity index (χ0n) is 18.8. The predicted molar refractivity (Wildman–Crippen MR) is 128 cm³/mol. The quantitative estimate of drug-likeness (QED) is 0.579. The van der Waals surface area contributed by atoms with E-state index in [4.69, 9.17) is 15.2 Å². The van der Waals surface area contributed by atoms with Gasteiger partial charge in [-0.05, 0) is 56.9 Å². The van der Waals surface area contributed by atoms with Gasteiger partial charge in [0.05, 0.1) is 27.9 Å². The summed E-state index contributed by atoms with van der Waals surface area (Å²) in [5, 5.41) is 16.1. The number of fused-ring (bicyclic) bond motifs is 4. The van der Waals surface area contributed by atoms with Crippen LogP contribution in [0, 0.1) is 5.82 Å². The Morgan fingerprint density at radius 2 is 1.94 bits per heavy atom. The van der Waals surface area contributed by atoms with Crippen molar-refractivity contribution in [2.45, 2.75) is 68.3 Å². The lowest BCUT2D eigenvalue weighted by Gasteiger charge is -2.44. The van der Waals surface area contributed by atoms with Gasteiger partial charge in [-0.3, -0.25) is 4.57 Å². The van der Waals surface area contributed by atoms with Crippen molar-refractivity contribution in [2.24, 2.45) is 10.2 Å². The Morgan fingerprint density at radius 1 is 1.18 bits per heavy atom.